The van der Waals surface area contributed by atoms with Crippen LogP contribution in [0.3, 0.4) is 0 Å². The highest BCUT2D eigenvalue weighted by molar-refractivity contribution is 8.18. The van der Waals surface area contributed by atoms with Crippen molar-refractivity contribution in [1.29, 1.82) is 0 Å². The number of methoxy groups -OCH3 is 1. The summed E-state index contributed by atoms with van der Waals surface area (Å²) in [5.74, 6) is -0.992. The lowest BCUT2D eigenvalue weighted by Crippen LogP contribution is -2.10. The number of aliphatic hydroxyl groups excluding tert-OH is 1. The molecule has 1 heterocycles. The minimum Gasteiger partial charge on any atom is -0.506 e. The summed E-state index contributed by atoms with van der Waals surface area (Å²) in [5.41, 5.74) is 1.04. The van der Waals surface area contributed by atoms with Crippen LogP contribution in [0, 0.1) is 10.1 Å². The number of nitrogens with zero attached hydrogens (tertiary/aromatic N) is 2. The number of hydrogen-bond donors (Lipinski definition) is 1. The van der Waals surface area contributed by atoms with E-state index in [1.54, 1.807) is 18.2 Å². The first-order valence-electron chi connectivity index (χ1n) is 9.20. The van der Waals surface area contributed by atoms with Gasteiger partial charge < -0.3 is 9.84 Å². The number of nitro groups is 1. The van der Waals surface area contributed by atoms with Gasteiger partial charge in [0.15, 0.2) is 0 Å². The zero-order chi connectivity index (χ0) is 22.0. The number of rotatable bonds is 4. The number of esters is 1. The summed E-state index contributed by atoms with van der Waals surface area (Å²) in [6, 6.07) is 19.4. The van der Waals surface area contributed by atoms with Crippen molar-refractivity contribution < 1.29 is 19.6 Å². The number of thioether (sulfide) groups is 1. The lowest BCUT2D eigenvalue weighted by molar-refractivity contribution is -0.384. The van der Waals surface area contributed by atoms with Crippen LogP contribution in [-0.2, 0) is 9.53 Å². The van der Waals surface area contributed by atoms with Gasteiger partial charge in [0.2, 0.25) is 0 Å². The predicted octanol–water partition coefficient (Wildman–Crippen LogP) is 5.55. The Morgan fingerprint density at radius 3 is 2.65 bits per heavy atom. The number of carbonyl (C=O) groups excluding carboxylic acids is 1. The minimum atomic E-state index is -0.716. The Morgan fingerprint density at radius 1 is 1.13 bits per heavy atom. The van der Waals surface area contributed by atoms with E-state index in [9.17, 15) is 20.0 Å². The summed E-state index contributed by atoms with van der Waals surface area (Å²) in [6.45, 7) is 0. The number of non-ortho nitro benzene ring substituents is 1. The van der Waals surface area contributed by atoms with E-state index in [0.717, 1.165) is 22.5 Å². The highest BCUT2D eigenvalue weighted by atomic mass is 32.2. The van der Waals surface area contributed by atoms with Crippen molar-refractivity contribution in [2.24, 2.45) is 4.99 Å². The van der Waals surface area contributed by atoms with Crippen molar-refractivity contribution in [3.05, 3.63) is 98.6 Å². The van der Waals surface area contributed by atoms with E-state index in [0.29, 0.717) is 16.2 Å². The van der Waals surface area contributed by atoms with E-state index in [4.69, 9.17) is 4.74 Å². The zero-order valence-corrected chi connectivity index (χ0v) is 17.1. The van der Waals surface area contributed by atoms with E-state index >= 15 is 0 Å². The Kier molecular flexibility index (Phi) is 5.55. The smallest absolute Gasteiger partial charge is 0.344 e. The molecule has 7 nitrogen and oxygen atoms in total. The molecule has 154 valence electrons. The lowest BCUT2D eigenvalue weighted by Gasteiger charge is -2.05. The maximum atomic E-state index is 12.4. The number of aliphatic imine (C=N–C) groups is 1. The van der Waals surface area contributed by atoms with Crippen LogP contribution in [0.4, 0.5) is 11.4 Å². The van der Waals surface area contributed by atoms with Crippen molar-refractivity contribution in [3.63, 3.8) is 0 Å². The molecule has 0 bridgehead atoms. The van der Waals surface area contributed by atoms with E-state index in [2.05, 4.69) is 4.99 Å². The first-order chi connectivity index (χ1) is 15.0. The van der Waals surface area contributed by atoms with Crippen LogP contribution in [0.1, 0.15) is 5.56 Å². The third-order valence-corrected chi connectivity index (χ3v) is 5.67. The number of hydrogen-bond acceptors (Lipinski definition) is 7. The van der Waals surface area contributed by atoms with Crippen molar-refractivity contribution in [2.45, 2.75) is 0 Å². The molecule has 0 saturated heterocycles. The van der Waals surface area contributed by atoms with Gasteiger partial charge in [-0.25, -0.2) is 9.79 Å². The van der Waals surface area contributed by atoms with Gasteiger partial charge in [-0.05, 0) is 23.1 Å². The van der Waals surface area contributed by atoms with Gasteiger partial charge >= 0.3 is 5.97 Å². The molecule has 0 spiro atoms. The fourth-order valence-corrected chi connectivity index (χ4v) is 4.21. The van der Waals surface area contributed by atoms with Crippen LogP contribution in [0.25, 0.3) is 16.8 Å². The fraction of sp³-hybridized carbons (Fsp3) is 0.0435. The van der Waals surface area contributed by atoms with Crippen LogP contribution in [0.2, 0.25) is 0 Å². The van der Waals surface area contributed by atoms with Crippen molar-refractivity contribution >= 4 is 51.0 Å². The summed E-state index contributed by atoms with van der Waals surface area (Å²) in [5, 5.41) is 23.9. The lowest BCUT2D eigenvalue weighted by atomic mass is 10.1. The Bertz CT molecular complexity index is 1300. The minimum absolute atomic E-state index is 0.0443. The second-order valence-corrected chi connectivity index (χ2v) is 7.62. The normalized spacial score (nSPS) is 16.3. The van der Waals surface area contributed by atoms with Crippen LogP contribution in [0.5, 0.6) is 0 Å². The highest BCUT2D eigenvalue weighted by Crippen LogP contribution is 2.41. The number of ether oxygens (including phenoxy) is 1. The quantitative estimate of drug-likeness (QED) is 0.329. The van der Waals surface area contributed by atoms with Crippen LogP contribution in [0.15, 0.2) is 88.0 Å². The molecule has 0 aromatic heterocycles. The van der Waals surface area contributed by atoms with Crippen LogP contribution in [-0.4, -0.2) is 28.2 Å². The van der Waals surface area contributed by atoms with Crippen LogP contribution < -0.4 is 0 Å². The standard InChI is InChI=1S/C23H16N2O5S/c1-30-23(27)20-21(26)19(13-14-6-4-9-16(12-14)25(28)29)31-22(20)24-18-11-5-8-15-7-2-3-10-17(15)18/h2-13,26H,1H3. The Labute approximate surface area is 181 Å². The molecule has 1 aliphatic heterocycles. The molecule has 0 fully saturated rings. The number of fused-ring (bicyclic) bond motifs is 1. The van der Waals surface area contributed by atoms with Gasteiger partial charge in [0.05, 0.1) is 22.6 Å². The van der Waals surface area contributed by atoms with E-state index in [1.165, 1.54) is 19.2 Å². The number of benzene rings is 3. The molecule has 0 aliphatic carbocycles. The molecule has 0 radical (unpaired) electrons. The maximum Gasteiger partial charge on any atom is 0.344 e. The second-order valence-electron chi connectivity index (χ2n) is 6.59. The zero-order valence-electron chi connectivity index (χ0n) is 16.3. The molecular weight excluding hydrogens is 416 g/mol. The van der Waals surface area contributed by atoms with Gasteiger partial charge in [0.1, 0.15) is 16.4 Å². The summed E-state index contributed by atoms with van der Waals surface area (Å²) in [4.78, 5) is 27.9. The highest BCUT2D eigenvalue weighted by Gasteiger charge is 2.33. The number of carbonyl (C=O) groups is 1. The van der Waals surface area contributed by atoms with Gasteiger partial charge in [-0.1, -0.05) is 60.3 Å². The predicted molar refractivity (Wildman–Crippen MR) is 121 cm³/mol. The second kappa shape index (κ2) is 8.45. The topological polar surface area (TPSA) is 102 Å². The van der Waals surface area contributed by atoms with Gasteiger partial charge in [-0.2, -0.15) is 0 Å². The fourth-order valence-electron chi connectivity index (χ4n) is 3.19. The Balaban J connectivity index is 1.81. The van der Waals surface area contributed by atoms with Crippen molar-refractivity contribution in [3.8, 4) is 0 Å². The van der Waals surface area contributed by atoms with Crippen molar-refractivity contribution in [1.82, 2.24) is 0 Å². The van der Waals surface area contributed by atoms with Gasteiger partial charge in [0.25, 0.3) is 5.69 Å². The Morgan fingerprint density at radius 2 is 1.87 bits per heavy atom. The molecular formula is C23H16N2O5S. The summed E-state index contributed by atoms with van der Waals surface area (Å²) >= 11 is 1.10. The van der Waals surface area contributed by atoms with E-state index < -0.39 is 10.9 Å². The average molecular weight is 432 g/mol. The largest absolute Gasteiger partial charge is 0.506 e. The van der Waals surface area contributed by atoms with E-state index in [-0.39, 0.29) is 22.1 Å². The van der Waals surface area contributed by atoms with Crippen LogP contribution >= 0.6 is 11.8 Å². The molecule has 0 amide bonds. The third kappa shape index (κ3) is 4.06. The molecule has 4 rings (SSSR count). The average Bonchev–Trinajstić information content (AvgIpc) is 3.08. The van der Waals surface area contributed by atoms with E-state index in [1.807, 2.05) is 42.5 Å². The maximum absolute atomic E-state index is 12.4. The Hall–Kier alpha value is -3.91. The molecule has 0 unspecified atom stereocenters. The monoisotopic (exact) mass is 432 g/mol. The number of nitro benzene ring substituents is 1. The third-order valence-electron chi connectivity index (χ3n) is 4.65. The first kappa shape index (κ1) is 20.4. The molecule has 3 aromatic carbocycles. The molecule has 8 heteroatoms. The number of aliphatic hydroxyl groups is 1. The summed E-state index contributed by atoms with van der Waals surface area (Å²) in [7, 11) is 1.23. The molecule has 3 aromatic rings. The molecule has 1 N–H and O–H groups in total. The van der Waals surface area contributed by atoms with Gasteiger partial charge in [-0.15, -0.1) is 0 Å². The summed E-state index contributed by atoms with van der Waals surface area (Å²) in [6.07, 6.45) is 1.57. The SMILES string of the molecule is COC(=O)C1=C(O)C(=Cc2cccc([N+](=O)[O-])c2)SC1=Nc1cccc2ccccc12. The molecule has 0 saturated carbocycles. The summed E-state index contributed by atoms with van der Waals surface area (Å²) < 4.78 is 4.84. The molecule has 31 heavy (non-hydrogen) atoms. The molecule has 0 atom stereocenters. The van der Waals surface area contributed by atoms with Crippen molar-refractivity contribution in [2.75, 3.05) is 7.11 Å². The van der Waals surface area contributed by atoms with Gasteiger partial charge in [0, 0.05) is 17.5 Å². The molecule has 1 aliphatic rings. The first-order valence-corrected chi connectivity index (χ1v) is 10.0. The van der Waals surface area contributed by atoms with Gasteiger partial charge in [-0.3, -0.25) is 10.1 Å².